The van der Waals surface area contributed by atoms with Gasteiger partial charge in [0.1, 0.15) is 12.4 Å². The molecule has 0 amide bonds. The number of nitrogens with zero attached hydrogens (tertiary/aromatic N) is 2. The third-order valence-corrected chi connectivity index (χ3v) is 5.17. The zero-order valence-electron chi connectivity index (χ0n) is 18.0. The van der Waals surface area contributed by atoms with E-state index in [4.69, 9.17) is 4.74 Å². The Bertz CT molecular complexity index is 599. The zero-order chi connectivity index (χ0) is 19.9. The molecule has 0 unspecified atom stereocenters. The van der Waals surface area contributed by atoms with Crippen LogP contribution in [-0.2, 0) is 5.41 Å². The predicted octanol–water partition coefficient (Wildman–Crippen LogP) is 3.40. The molecule has 2 rings (SSSR count). The minimum absolute atomic E-state index is 0.0759. The van der Waals surface area contributed by atoms with Gasteiger partial charge in [-0.15, -0.1) is 0 Å². The lowest BCUT2D eigenvalue weighted by atomic mass is 9.86. The highest BCUT2D eigenvalue weighted by Crippen LogP contribution is 2.30. The van der Waals surface area contributed by atoms with Gasteiger partial charge < -0.3 is 20.3 Å². The molecule has 1 aliphatic heterocycles. The average Bonchev–Trinajstić information content (AvgIpc) is 2.64. The van der Waals surface area contributed by atoms with Crippen LogP contribution in [0.15, 0.2) is 29.3 Å². The number of benzene rings is 1. The van der Waals surface area contributed by atoms with Gasteiger partial charge in [0.05, 0.1) is 6.54 Å². The van der Waals surface area contributed by atoms with E-state index in [1.54, 1.807) is 0 Å². The summed E-state index contributed by atoms with van der Waals surface area (Å²) in [5.41, 5.74) is 1.32. The lowest BCUT2D eigenvalue weighted by Crippen LogP contribution is -2.50. The van der Waals surface area contributed by atoms with Crippen LogP contribution in [0.1, 0.15) is 53.0 Å². The van der Waals surface area contributed by atoms with E-state index in [1.165, 1.54) is 5.56 Å². The number of hydrogen-bond donors (Lipinski definition) is 2. The molecule has 1 heterocycles. The number of para-hydroxylation sites is 1. The average molecular weight is 375 g/mol. The molecule has 1 fully saturated rings. The molecule has 27 heavy (non-hydrogen) atoms. The highest BCUT2D eigenvalue weighted by molar-refractivity contribution is 5.79. The summed E-state index contributed by atoms with van der Waals surface area (Å²) < 4.78 is 6.04. The molecule has 5 nitrogen and oxygen atoms in total. The van der Waals surface area contributed by atoms with Gasteiger partial charge in [-0.3, -0.25) is 4.99 Å². The first-order valence-corrected chi connectivity index (χ1v) is 10.2. The lowest BCUT2D eigenvalue weighted by Gasteiger charge is -2.35. The number of ether oxygens (including phenoxy) is 1. The number of piperidine rings is 1. The van der Waals surface area contributed by atoms with E-state index < -0.39 is 0 Å². The summed E-state index contributed by atoms with van der Waals surface area (Å²) in [6, 6.07) is 9.43. The molecule has 0 atom stereocenters. The molecule has 0 spiro atoms. The molecule has 0 aliphatic carbocycles. The van der Waals surface area contributed by atoms with E-state index in [-0.39, 0.29) is 5.41 Å². The highest BCUT2D eigenvalue weighted by Gasteiger charge is 2.21. The van der Waals surface area contributed by atoms with Gasteiger partial charge in [-0.05, 0) is 43.7 Å². The van der Waals surface area contributed by atoms with Gasteiger partial charge in [0.15, 0.2) is 5.96 Å². The maximum absolute atomic E-state index is 6.04. The molecule has 152 valence electrons. The quantitative estimate of drug-likeness (QED) is 0.455. The van der Waals surface area contributed by atoms with E-state index in [9.17, 15) is 0 Å². The maximum atomic E-state index is 6.04. The van der Waals surface area contributed by atoms with Gasteiger partial charge in [-0.2, -0.15) is 0 Å². The van der Waals surface area contributed by atoms with Crippen LogP contribution >= 0.6 is 0 Å². The normalized spacial score (nSPS) is 17.2. The monoisotopic (exact) mass is 374 g/mol. The van der Waals surface area contributed by atoms with Crippen LogP contribution in [0.2, 0.25) is 0 Å². The summed E-state index contributed by atoms with van der Waals surface area (Å²) in [7, 11) is 1.83. The van der Waals surface area contributed by atoms with Gasteiger partial charge in [0.25, 0.3) is 0 Å². The van der Waals surface area contributed by atoms with Crippen LogP contribution in [0.25, 0.3) is 0 Å². The Labute approximate surface area is 165 Å². The molecule has 1 aromatic rings. The molecule has 2 N–H and O–H groups in total. The topological polar surface area (TPSA) is 48.9 Å². The number of likely N-dealkylation sites (tertiary alicyclic amines) is 1. The van der Waals surface area contributed by atoms with Crippen molar-refractivity contribution >= 4 is 5.96 Å². The van der Waals surface area contributed by atoms with Crippen molar-refractivity contribution in [1.29, 1.82) is 0 Å². The first kappa shape index (κ1) is 21.5. The van der Waals surface area contributed by atoms with Crippen LogP contribution < -0.4 is 15.4 Å². The SMILES string of the molecule is CN=C(NCCOc1ccccc1C(C)(C)C)NC1CCN(C(C)C)CC1. The van der Waals surface area contributed by atoms with Crippen molar-refractivity contribution in [2.24, 2.45) is 4.99 Å². The van der Waals surface area contributed by atoms with E-state index in [2.05, 4.69) is 73.3 Å². The van der Waals surface area contributed by atoms with Gasteiger partial charge in [-0.1, -0.05) is 39.0 Å². The number of rotatable bonds is 6. The van der Waals surface area contributed by atoms with Gasteiger partial charge in [0, 0.05) is 32.2 Å². The molecule has 0 radical (unpaired) electrons. The first-order valence-electron chi connectivity index (χ1n) is 10.2. The second-order valence-electron chi connectivity index (χ2n) is 8.64. The van der Waals surface area contributed by atoms with Gasteiger partial charge in [0.2, 0.25) is 0 Å². The summed E-state index contributed by atoms with van der Waals surface area (Å²) in [6.07, 6.45) is 2.32. The number of guanidine groups is 1. The molecular weight excluding hydrogens is 336 g/mol. The lowest BCUT2D eigenvalue weighted by molar-refractivity contribution is 0.167. The fourth-order valence-corrected chi connectivity index (χ4v) is 3.49. The Balaban J connectivity index is 1.75. The Morgan fingerprint density at radius 3 is 2.48 bits per heavy atom. The van der Waals surface area contributed by atoms with Crippen molar-refractivity contribution in [3.8, 4) is 5.75 Å². The van der Waals surface area contributed by atoms with E-state index in [0.717, 1.165) is 44.2 Å². The Morgan fingerprint density at radius 1 is 1.22 bits per heavy atom. The van der Waals surface area contributed by atoms with Crippen molar-refractivity contribution in [1.82, 2.24) is 15.5 Å². The number of nitrogens with one attached hydrogen (secondary N) is 2. The van der Waals surface area contributed by atoms with Gasteiger partial charge in [-0.25, -0.2) is 0 Å². The van der Waals surface area contributed by atoms with E-state index >= 15 is 0 Å². The largest absolute Gasteiger partial charge is 0.491 e. The molecular formula is C22H38N4O. The Morgan fingerprint density at radius 2 is 1.89 bits per heavy atom. The van der Waals surface area contributed by atoms with E-state index in [0.29, 0.717) is 18.7 Å². The summed E-state index contributed by atoms with van der Waals surface area (Å²) >= 11 is 0. The molecule has 5 heteroatoms. The van der Waals surface area contributed by atoms with Crippen molar-refractivity contribution in [2.45, 2.75) is 65.0 Å². The molecule has 0 saturated carbocycles. The first-order chi connectivity index (χ1) is 12.8. The Hall–Kier alpha value is -1.75. The fraction of sp³-hybridized carbons (Fsp3) is 0.682. The molecule has 1 aromatic carbocycles. The summed E-state index contributed by atoms with van der Waals surface area (Å²) in [4.78, 5) is 6.90. The highest BCUT2D eigenvalue weighted by atomic mass is 16.5. The molecule has 0 bridgehead atoms. The summed E-state index contributed by atoms with van der Waals surface area (Å²) in [5, 5.41) is 6.94. The van der Waals surface area contributed by atoms with Crippen LogP contribution in [-0.4, -0.2) is 56.2 Å². The second kappa shape index (κ2) is 9.98. The van der Waals surface area contributed by atoms with Crippen molar-refractivity contribution < 1.29 is 4.74 Å². The standard InChI is InChI=1S/C22H38N4O/c1-17(2)26-14-11-18(12-15-26)25-21(23-6)24-13-16-27-20-10-8-7-9-19(20)22(3,4)5/h7-10,17-18H,11-16H2,1-6H3,(H2,23,24,25). The Kier molecular flexibility index (Phi) is 7.96. The number of hydrogen-bond acceptors (Lipinski definition) is 3. The predicted molar refractivity (Wildman–Crippen MR) is 115 cm³/mol. The summed E-state index contributed by atoms with van der Waals surface area (Å²) in [6.45, 7) is 14.8. The van der Waals surface area contributed by atoms with Crippen molar-refractivity contribution in [3.63, 3.8) is 0 Å². The minimum atomic E-state index is 0.0759. The third kappa shape index (κ3) is 6.73. The van der Waals surface area contributed by atoms with Crippen molar-refractivity contribution in [2.75, 3.05) is 33.3 Å². The van der Waals surface area contributed by atoms with Crippen LogP contribution in [0.5, 0.6) is 5.75 Å². The second-order valence-corrected chi connectivity index (χ2v) is 8.64. The van der Waals surface area contributed by atoms with Crippen LogP contribution in [0.4, 0.5) is 0 Å². The number of aliphatic imine (C=N–C) groups is 1. The van der Waals surface area contributed by atoms with Crippen molar-refractivity contribution in [3.05, 3.63) is 29.8 Å². The molecule has 1 saturated heterocycles. The van der Waals surface area contributed by atoms with E-state index in [1.807, 2.05) is 13.1 Å². The third-order valence-electron chi connectivity index (χ3n) is 5.17. The minimum Gasteiger partial charge on any atom is -0.491 e. The smallest absolute Gasteiger partial charge is 0.191 e. The molecule has 1 aliphatic rings. The maximum Gasteiger partial charge on any atom is 0.191 e. The van der Waals surface area contributed by atoms with Crippen LogP contribution in [0.3, 0.4) is 0 Å². The van der Waals surface area contributed by atoms with Crippen LogP contribution in [0, 0.1) is 0 Å². The zero-order valence-corrected chi connectivity index (χ0v) is 18.0. The van der Waals surface area contributed by atoms with Gasteiger partial charge >= 0.3 is 0 Å². The molecule has 0 aromatic heterocycles. The fourth-order valence-electron chi connectivity index (χ4n) is 3.49. The summed E-state index contributed by atoms with van der Waals surface area (Å²) in [5.74, 6) is 1.83.